The summed E-state index contributed by atoms with van der Waals surface area (Å²) >= 11 is 1.76. The number of likely N-dealkylation sites (tertiary alicyclic amines) is 1. The number of hydrogen-bond donors (Lipinski definition) is 0. The number of halogens is 2. The van der Waals surface area contributed by atoms with Crippen LogP contribution in [0.15, 0.2) is 42.0 Å². The average Bonchev–Trinajstić information content (AvgIpc) is 3.24. The maximum atomic E-state index is 12.4. The summed E-state index contributed by atoms with van der Waals surface area (Å²) in [6.07, 6.45) is 7.42. The molecule has 0 amide bonds. The van der Waals surface area contributed by atoms with Crippen LogP contribution in [0.5, 0.6) is 0 Å². The molecule has 3 rings (SSSR count). The highest BCUT2D eigenvalue weighted by atomic mass is 32.1. The third-order valence-corrected chi connectivity index (χ3v) is 5.94. The van der Waals surface area contributed by atoms with Gasteiger partial charge >= 0.3 is 6.61 Å². The first-order chi connectivity index (χ1) is 12.2. The Labute approximate surface area is 151 Å². The summed E-state index contributed by atoms with van der Waals surface area (Å²) in [7, 11) is 0. The lowest BCUT2D eigenvalue weighted by atomic mass is 9.79. The predicted octanol–water partition coefficient (Wildman–Crippen LogP) is 4.60. The lowest BCUT2D eigenvalue weighted by Gasteiger charge is -2.29. The molecule has 136 valence electrons. The Morgan fingerprint density at radius 3 is 2.92 bits per heavy atom. The van der Waals surface area contributed by atoms with Gasteiger partial charge in [-0.3, -0.25) is 9.88 Å². The molecule has 3 heterocycles. The minimum atomic E-state index is -2.68. The van der Waals surface area contributed by atoms with Crippen LogP contribution < -0.4 is 0 Å². The normalized spacial score (nSPS) is 21.2. The van der Waals surface area contributed by atoms with E-state index < -0.39 is 6.61 Å². The Morgan fingerprint density at radius 1 is 1.28 bits per heavy atom. The number of aryl methyl sites for hydroxylation is 1. The summed E-state index contributed by atoms with van der Waals surface area (Å²) in [6, 6.07) is 8.25. The van der Waals surface area contributed by atoms with Crippen molar-refractivity contribution in [1.29, 1.82) is 0 Å². The van der Waals surface area contributed by atoms with Gasteiger partial charge < -0.3 is 4.74 Å². The van der Waals surface area contributed by atoms with Gasteiger partial charge in [-0.1, -0.05) is 12.1 Å². The Morgan fingerprint density at radius 2 is 2.20 bits per heavy atom. The van der Waals surface area contributed by atoms with Crippen LogP contribution in [0.3, 0.4) is 0 Å². The maximum Gasteiger partial charge on any atom is 0.345 e. The van der Waals surface area contributed by atoms with Crippen LogP contribution >= 0.6 is 11.3 Å². The third kappa shape index (κ3) is 5.56. The van der Waals surface area contributed by atoms with Gasteiger partial charge in [0.2, 0.25) is 0 Å². The van der Waals surface area contributed by atoms with Crippen LogP contribution in [-0.4, -0.2) is 36.2 Å². The fraction of sp³-hybridized carbons (Fsp3) is 0.526. The van der Waals surface area contributed by atoms with E-state index in [0.717, 1.165) is 38.9 Å². The van der Waals surface area contributed by atoms with Gasteiger partial charge in [-0.2, -0.15) is 8.78 Å². The van der Waals surface area contributed by atoms with Crippen molar-refractivity contribution in [2.24, 2.45) is 5.41 Å². The molecule has 0 spiro atoms. The predicted molar refractivity (Wildman–Crippen MR) is 95.8 cm³/mol. The first-order valence-corrected chi connectivity index (χ1v) is 9.57. The highest BCUT2D eigenvalue weighted by Gasteiger charge is 2.37. The zero-order valence-electron chi connectivity index (χ0n) is 14.2. The summed E-state index contributed by atoms with van der Waals surface area (Å²) in [5.74, 6) is 0. The molecule has 0 saturated carbocycles. The van der Waals surface area contributed by atoms with E-state index in [1.807, 2.05) is 12.3 Å². The minimum Gasteiger partial charge on any atom is -0.323 e. The van der Waals surface area contributed by atoms with Crippen molar-refractivity contribution in [3.05, 3.63) is 52.5 Å². The van der Waals surface area contributed by atoms with Crippen molar-refractivity contribution in [2.45, 2.75) is 38.8 Å². The van der Waals surface area contributed by atoms with Crippen LogP contribution in [0.4, 0.5) is 8.78 Å². The molecule has 0 N–H and O–H groups in total. The van der Waals surface area contributed by atoms with E-state index in [2.05, 4.69) is 38.2 Å². The number of aromatic nitrogens is 1. The lowest BCUT2D eigenvalue weighted by molar-refractivity contribution is -0.134. The van der Waals surface area contributed by atoms with E-state index in [1.165, 1.54) is 10.4 Å². The molecule has 0 aromatic carbocycles. The summed E-state index contributed by atoms with van der Waals surface area (Å²) in [5, 5.41) is 2.09. The Balaban J connectivity index is 1.60. The second-order valence-electron chi connectivity index (χ2n) is 6.78. The van der Waals surface area contributed by atoms with Gasteiger partial charge in [-0.15, -0.1) is 11.3 Å². The number of hydrogen-bond acceptors (Lipinski definition) is 4. The SMILES string of the molecule is FC(F)OCC[C@]1(CCc2cccs2)CCN(Cc2cccnc2)C1. The molecule has 1 aliphatic rings. The molecule has 0 bridgehead atoms. The first-order valence-electron chi connectivity index (χ1n) is 8.69. The van der Waals surface area contributed by atoms with Crippen LogP contribution in [0, 0.1) is 5.41 Å². The quantitative estimate of drug-likeness (QED) is 0.649. The van der Waals surface area contributed by atoms with E-state index in [9.17, 15) is 8.78 Å². The smallest absolute Gasteiger partial charge is 0.323 e. The van der Waals surface area contributed by atoms with Crippen molar-refractivity contribution < 1.29 is 13.5 Å². The van der Waals surface area contributed by atoms with Crippen molar-refractivity contribution in [2.75, 3.05) is 19.7 Å². The summed E-state index contributed by atoms with van der Waals surface area (Å²) in [4.78, 5) is 7.95. The minimum absolute atomic E-state index is 0.0566. The van der Waals surface area contributed by atoms with E-state index >= 15 is 0 Å². The maximum absolute atomic E-state index is 12.4. The van der Waals surface area contributed by atoms with Crippen molar-refractivity contribution in [3.8, 4) is 0 Å². The van der Waals surface area contributed by atoms with Crippen LogP contribution in [0.25, 0.3) is 0 Å². The van der Waals surface area contributed by atoms with Crippen molar-refractivity contribution in [1.82, 2.24) is 9.88 Å². The molecule has 1 aliphatic heterocycles. The van der Waals surface area contributed by atoms with Gasteiger partial charge in [0, 0.05) is 30.4 Å². The fourth-order valence-corrected chi connectivity index (χ4v) is 4.36. The Bertz CT molecular complexity index is 624. The van der Waals surface area contributed by atoms with Gasteiger partial charge in [-0.05, 0) is 60.7 Å². The number of alkyl halides is 2. The fourth-order valence-electron chi connectivity index (χ4n) is 3.65. The molecule has 0 radical (unpaired) electrons. The van der Waals surface area contributed by atoms with Crippen molar-refractivity contribution in [3.63, 3.8) is 0 Å². The van der Waals surface area contributed by atoms with Crippen molar-refractivity contribution >= 4 is 11.3 Å². The topological polar surface area (TPSA) is 25.4 Å². The molecule has 3 nitrogen and oxygen atoms in total. The molecule has 6 heteroatoms. The van der Waals surface area contributed by atoms with Gasteiger partial charge in [0.25, 0.3) is 0 Å². The molecule has 1 atom stereocenters. The number of pyridine rings is 1. The van der Waals surface area contributed by atoms with E-state index in [-0.39, 0.29) is 12.0 Å². The largest absolute Gasteiger partial charge is 0.345 e. The molecule has 2 aromatic heterocycles. The molecular weight excluding hydrogens is 342 g/mol. The molecule has 0 unspecified atom stereocenters. The Kier molecular flexibility index (Phi) is 6.51. The lowest BCUT2D eigenvalue weighted by Crippen LogP contribution is -2.29. The monoisotopic (exact) mass is 366 g/mol. The molecule has 2 aromatic rings. The summed E-state index contributed by atoms with van der Waals surface area (Å²) in [5.41, 5.74) is 1.25. The van der Waals surface area contributed by atoms with Crippen LogP contribution in [-0.2, 0) is 17.7 Å². The summed E-state index contributed by atoms with van der Waals surface area (Å²) in [6.45, 7) is 0.239. The molecule has 1 fully saturated rings. The number of ether oxygens (including phenoxy) is 1. The number of thiophene rings is 1. The van der Waals surface area contributed by atoms with Gasteiger partial charge in [0.05, 0.1) is 6.61 Å². The van der Waals surface area contributed by atoms with Gasteiger partial charge in [0.1, 0.15) is 0 Å². The zero-order chi connectivity index (χ0) is 17.5. The van der Waals surface area contributed by atoms with E-state index in [1.54, 1.807) is 17.5 Å². The van der Waals surface area contributed by atoms with Gasteiger partial charge in [-0.25, -0.2) is 0 Å². The first kappa shape index (κ1) is 18.4. The third-order valence-electron chi connectivity index (χ3n) is 5.00. The highest BCUT2D eigenvalue weighted by molar-refractivity contribution is 7.09. The highest BCUT2D eigenvalue weighted by Crippen LogP contribution is 2.39. The standard InChI is InChI=1S/C19H24F2N2OS/c20-18(21)24-11-8-19(6-5-17-4-2-12-25-17)7-10-23(15-19)14-16-3-1-9-22-13-16/h1-4,9,12-13,18H,5-8,10-11,14-15H2/t19-/m0/s1. The molecule has 25 heavy (non-hydrogen) atoms. The van der Waals surface area contributed by atoms with Gasteiger partial charge in [0.15, 0.2) is 0 Å². The molecule has 0 aliphatic carbocycles. The second-order valence-corrected chi connectivity index (χ2v) is 7.81. The van der Waals surface area contributed by atoms with Crippen LogP contribution in [0.1, 0.15) is 29.7 Å². The zero-order valence-corrected chi connectivity index (χ0v) is 15.1. The second kappa shape index (κ2) is 8.83. The molecule has 1 saturated heterocycles. The number of rotatable bonds is 9. The molecular formula is C19H24F2N2OS. The number of nitrogens with zero attached hydrogens (tertiary/aromatic N) is 2. The average molecular weight is 366 g/mol. The Hall–Kier alpha value is -1.37. The van der Waals surface area contributed by atoms with E-state index in [0.29, 0.717) is 6.42 Å². The van der Waals surface area contributed by atoms with E-state index in [4.69, 9.17) is 0 Å². The van der Waals surface area contributed by atoms with Crippen LogP contribution in [0.2, 0.25) is 0 Å². The summed E-state index contributed by atoms with van der Waals surface area (Å²) < 4.78 is 29.3.